The molecule has 1 heterocycles. The van der Waals surface area contributed by atoms with Gasteiger partial charge in [-0.3, -0.25) is 4.79 Å². The average molecular weight is 182 g/mol. The fourth-order valence-corrected chi connectivity index (χ4v) is 0.806. The second kappa shape index (κ2) is 3.84. The number of H-pyrrole nitrogens is 1. The molecule has 0 atom stereocenters. The predicted molar refractivity (Wildman–Crippen MR) is 44.5 cm³/mol. The summed E-state index contributed by atoms with van der Waals surface area (Å²) >= 11 is 0. The Balaban J connectivity index is 2.79. The largest absolute Gasteiger partial charge is 0.460 e. The maximum Gasteiger partial charge on any atom is 0.374 e. The molecule has 0 bridgehead atoms. The zero-order chi connectivity index (χ0) is 9.84. The molecule has 70 valence electrons. The molecule has 1 aromatic heterocycles. The molecule has 0 saturated carbocycles. The predicted octanol–water partition coefficient (Wildman–Crippen LogP) is 0.789. The van der Waals surface area contributed by atoms with E-state index in [9.17, 15) is 9.59 Å². The smallest absolute Gasteiger partial charge is 0.374 e. The molecule has 0 aliphatic carbocycles. The van der Waals surface area contributed by atoms with Crippen LogP contribution in [0.5, 0.6) is 0 Å². The summed E-state index contributed by atoms with van der Waals surface area (Å²) in [6, 6.07) is 0. The van der Waals surface area contributed by atoms with Crippen LogP contribution in [0.3, 0.4) is 0 Å². The van der Waals surface area contributed by atoms with Crippen molar-refractivity contribution in [2.45, 2.75) is 13.8 Å². The Hall–Kier alpha value is -1.65. The maximum absolute atomic E-state index is 11.1. The van der Waals surface area contributed by atoms with Crippen molar-refractivity contribution in [3.8, 4) is 0 Å². The molecule has 1 aromatic rings. The van der Waals surface area contributed by atoms with Crippen LogP contribution in [0.15, 0.2) is 6.20 Å². The first-order valence-electron chi connectivity index (χ1n) is 3.88. The highest BCUT2D eigenvalue weighted by molar-refractivity contribution is 5.94. The Bertz CT molecular complexity index is 330. The Labute approximate surface area is 75.1 Å². The lowest BCUT2D eigenvalue weighted by Crippen LogP contribution is -2.07. The van der Waals surface area contributed by atoms with Gasteiger partial charge in [0.1, 0.15) is 5.69 Å². The Morgan fingerprint density at radius 2 is 2.31 bits per heavy atom. The van der Waals surface area contributed by atoms with Crippen LogP contribution in [0.1, 0.15) is 35.0 Å². The third-order valence-corrected chi connectivity index (χ3v) is 1.41. The van der Waals surface area contributed by atoms with Gasteiger partial charge in [-0.2, -0.15) is 0 Å². The Kier molecular flexibility index (Phi) is 2.79. The molecule has 5 heteroatoms. The molecule has 0 aliphatic rings. The van der Waals surface area contributed by atoms with Crippen LogP contribution in [-0.4, -0.2) is 28.3 Å². The SMILES string of the molecule is CCOC(=O)c1nc(C(C)=O)c[nH]1. The number of rotatable bonds is 3. The molecule has 0 saturated heterocycles. The normalized spacial score (nSPS) is 9.69. The van der Waals surface area contributed by atoms with E-state index < -0.39 is 5.97 Å². The van der Waals surface area contributed by atoms with Crippen molar-refractivity contribution in [3.05, 3.63) is 17.7 Å². The minimum atomic E-state index is -0.546. The Morgan fingerprint density at radius 3 is 2.77 bits per heavy atom. The van der Waals surface area contributed by atoms with E-state index in [0.29, 0.717) is 0 Å². The van der Waals surface area contributed by atoms with Gasteiger partial charge < -0.3 is 9.72 Å². The molecule has 0 unspecified atom stereocenters. The molecule has 13 heavy (non-hydrogen) atoms. The van der Waals surface area contributed by atoms with Gasteiger partial charge in [0, 0.05) is 13.1 Å². The molecule has 0 spiro atoms. The molecule has 0 fully saturated rings. The van der Waals surface area contributed by atoms with Crippen molar-refractivity contribution in [2.24, 2.45) is 0 Å². The number of hydrogen-bond donors (Lipinski definition) is 1. The summed E-state index contributed by atoms with van der Waals surface area (Å²) in [4.78, 5) is 28.2. The first kappa shape index (κ1) is 9.44. The quantitative estimate of drug-likeness (QED) is 0.554. The summed E-state index contributed by atoms with van der Waals surface area (Å²) in [6.45, 7) is 3.37. The highest BCUT2D eigenvalue weighted by Crippen LogP contribution is 1.99. The summed E-state index contributed by atoms with van der Waals surface area (Å²) in [6.07, 6.45) is 1.38. The highest BCUT2D eigenvalue weighted by atomic mass is 16.5. The number of aromatic nitrogens is 2. The molecule has 1 rings (SSSR count). The average Bonchev–Trinajstić information content (AvgIpc) is 2.52. The highest BCUT2D eigenvalue weighted by Gasteiger charge is 2.12. The number of Topliss-reactive ketones (excluding diaryl/α,β-unsaturated/α-hetero) is 1. The van der Waals surface area contributed by atoms with Crippen LogP contribution in [0.2, 0.25) is 0 Å². The number of carbonyl (C=O) groups is 2. The molecule has 1 N–H and O–H groups in total. The molecule has 0 amide bonds. The van der Waals surface area contributed by atoms with E-state index in [-0.39, 0.29) is 23.9 Å². The summed E-state index contributed by atoms with van der Waals surface area (Å²) in [5.74, 6) is -0.672. The van der Waals surface area contributed by atoms with E-state index in [2.05, 4.69) is 14.7 Å². The van der Waals surface area contributed by atoms with E-state index in [0.717, 1.165) is 0 Å². The number of ketones is 1. The van der Waals surface area contributed by atoms with Crippen molar-refractivity contribution in [2.75, 3.05) is 6.61 Å². The van der Waals surface area contributed by atoms with Gasteiger partial charge in [0.05, 0.1) is 6.61 Å². The van der Waals surface area contributed by atoms with Crippen molar-refractivity contribution in [1.82, 2.24) is 9.97 Å². The molecule has 0 aromatic carbocycles. The lowest BCUT2D eigenvalue weighted by atomic mass is 10.3. The van der Waals surface area contributed by atoms with Gasteiger partial charge >= 0.3 is 5.97 Å². The van der Waals surface area contributed by atoms with E-state index in [1.165, 1.54) is 13.1 Å². The second-order valence-electron chi connectivity index (χ2n) is 2.41. The molecular formula is C8H10N2O3. The van der Waals surface area contributed by atoms with Crippen molar-refractivity contribution < 1.29 is 14.3 Å². The third-order valence-electron chi connectivity index (χ3n) is 1.41. The number of aromatic amines is 1. The van der Waals surface area contributed by atoms with Crippen LogP contribution in [0, 0.1) is 0 Å². The van der Waals surface area contributed by atoms with Crippen LogP contribution in [-0.2, 0) is 4.74 Å². The van der Waals surface area contributed by atoms with Crippen molar-refractivity contribution in [1.29, 1.82) is 0 Å². The van der Waals surface area contributed by atoms with Gasteiger partial charge in [-0.05, 0) is 6.92 Å². The summed E-state index contributed by atoms with van der Waals surface area (Å²) in [7, 11) is 0. The number of hydrogen-bond acceptors (Lipinski definition) is 4. The monoisotopic (exact) mass is 182 g/mol. The lowest BCUT2D eigenvalue weighted by molar-refractivity contribution is 0.0513. The summed E-state index contributed by atoms with van der Waals surface area (Å²) < 4.78 is 4.68. The van der Waals surface area contributed by atoms with Crippen molar-refractivity contribution >= 4 is 11.8 Å². The standard InChI is InChI=1S/C8H10N2O3/c1-3-13-8(12)7-9-4-6(10-7)5(2)11/h4H,3H2,1-2H3,(H,9,10). The fraction of sp³-hybridized carbons (Fsp3) is 0.375. The number of carbonyl (C=O) groups excluding carboxylic acids is 2. The summed E-state index contributed by atoms with van der Waals surface area (Å²) in [5, 5.41) is 0. The number of imidazole rings is 1. The van der Waals surface area contributed by atoms with E-state index >= 15 is 0 Å². The zero-order valence-corrected chi connectivity index (χ0v) is 7.46. The fourth-order valence-electron chi connectivity index (χ4n) is 0.806. The van der Waals surface area contributed by atoms with Crippen LogP contribution < -0.4 is 0 Å². The van der Waals surface area contributed by atoms with Gasteiger partial charge in [0.2, 0.25) is 5.82 Å². The number of nitrogens with one attached hydrogen (secondary N) is 1. The van der Waals surface area contributed by atoms with E-state index in [4.69, 9.17) is 0 Å². The topological polar surface area (TPSA) is 72.0 Å². The molecule has 5 nitrogen and oxygen atoms in total. The van der Waals surface area contributed by atoms with Gasteiger partial charge in [0.15, 0.2) is 5.78 Å². The maximum atomic E-state index is 11.1. The Morgan fingerprint density at radius 1 is 1.62 bits per heavy atom. The van der Waals surface area contributed by atoms with Gasteiger partial charge in [-0.15, -0.1) is 0 Å². The number of nitrogens with zero attached hydrogens (tertiary/aromatic N) is 1. The summed E-state index contributed by atoms with van der Waals surface area (Å²) in [5.41, 5.74) is 0.239. The van der Waals surface area contributed by atoms with Crippen LogP contribution in [0.4, 0.5) is 0 Å². The van der Waals surface area contributed by atoms with E-state index in [1.54, 1.807) is 6.92 Å². The third kappa shape index (κ3) is 2.14. The van der Waals surface area contributed by atoms with E-state index in [1.807, 2.05) is 0 Å². The molecule has 0 radical (unpaired) electrons. The first-order valence-corrected chi connectivity index (χ1v) is 3.88. The first-order chi connectivity index (χ1) is 6.15. The second-order valence-corrected chi connectivity index (χ2v) is 2.41. The van der Waals surface area contributed by atoms with Gasteiger partial charge in [-0.1, -0.05) is 0 Å². The van der Waals surface area contributed by atoms with Crippen LogP contribution >= 0.6 is 0 Å². The minimum Gasteiger partial charge on any atom is -0.460 e. The number of ether oxygens (including phenoxy) is 1. The molecular weight excluding hydrogens is 172 g/mol. The van der Waals surface area contributed by atoms with Gasteiger partial charge in [-0.25, -0.2) is 9.78 Å². The van der Waals surface area contributed by atoms with Gasteiger partial charge in [0.25, 0.3) is 0 Å². The number of esters is 1. The van der Waals surface area contributed by atoms with Crippen LogP contribution in [0.25, 0.3) is 0 Å². The van der Waals surface area contributed by atoms with Crippen molar-refractivity contribution in [3.63, 3.8) is 0 Å². The lowest BCUT2D eigenvalue weighted by Gasteiger charge is -1.95. The zero-order valence-electron chi connectivity index (χ0n) is 7.46. The minimum absolute atomic E-state index is 0.0621. The molecule has 0 aliphatic heterocycles.